The fourth-order valence-corrected chi connectivity index (χ4v) is 5.14. The maximum absolute atomic E-state index is 13.7. The third-order valence-corrected chi connectivity index (χ3v) is 7.26. The van der Waals surface area contributed by atoms with Crippen LogP contribution in [0.1, 0.15) is 32.3 Å². The van der Waals surface area contributed by atoms with E-state index in [1.807, 2.05) is 74.5 Å². The van der Waals surface area contributed by atoms with Gasteiger partial charge in [0.25, 0.3) is 0 Å². The Hall–Kier alpha value is -3.39. The van der Waals surface area contributed by atoms with Crippen molar-refractivity contribution in [2.75, 3.05) is 30.2 Å². The van der Waals surface area contributed by atoms with E-state index >= 15 is 0 Å². The molecule has 0 radical (unpaired) electrons. The maximum atomic E-state index is 13.7. The number of sulfonamides is 1. The minimum absolute atomic E-state index is 0.225. The summed E-state index contributed by atoms with van der Waals surface area (Å²) >= 11 is 0. The number of fused-ring (bicyclic) bond motifs is 1. The van der Waals surface area contributed by atoms with Gasteiger partial charge in [-0.3, -0.25) is 13.9 Å². The lowest BCUT2D eigenvalue weighted by Gasteiger charge is -2.33. The number of benzene rings is 3. The summed E-state index contributed by atoms with van der Waals surface area (Å²) in [5.41, 5.74) is 1.48. The lowest BCUT2D eigenvalue weighted by molar-refractivity contribution is -0.139. The largest absolute Gasteiger partial charge is 0.354 e. The van der Waals surface area contributed by atoms with E-state index in [1.165, 1.54) is 4.90 Å². The van der Waals surface area contributed by atoms with Crippen molar-refractivity contribution in [1.29, 1.82) is 0 Å². The minimum Gasteiger partial charge on any atom is -0.354 e. The summed E-state index contributed by atoms with van der Waals surface area (Å²) in [4.78, 5) is 28.3. The lowest BCUT2D eigenvalue weighted by atomic mass is 10.1. The van der Waals surface area contributed by atoms with E-state index in [2.05, 4.69) is 5.32 Å². The highest BCUT2D eigenvalue weighted by atomic mass is 32.2. The van der Waals surface area contributed by atoms with Gasteiger partial charge in [0.1, 0.15) is 12.6 Å². The summed E-state index contributed by atoms with van der Waals surface area (Å²) in [6, 6.07) is 21.9. The fraction of sp³-hybridized carbons (Fsp3) is 0.357. The van der Waals surface area contributed by atoms with Crippen molar-refractivity contribution in [3.8, 4) is 0 Å². The summed E-state index contributed by atoms with van der Waals surface area (Å²) in [5, 5.41) is 4.51. The SMILES string of the molecule is CCCNC(=O)C(CC)N(CCc1ccccc1)C(=O)CN(c1cccc2ccccc12)S(C)(=O)=O. The third-order valence-electron chi connectivity index (χ3n) is 6.13. The molecule has 0 heterocycles. The van der Waals surface area contributed by atoms with Gasteiger partial charge in [0.15, 0.2) is 0 Å². The second kappa shape index (κ2) is 12.5. The zero-order chi connectivity index (χ0) is 26.1. The highest BCUT2D eigenvalue weighted by molar-refractivity contribution is 7.92. The molecule has 1 atom stereocenters. The highest BCUT2D eigenvalue weighted by Crippen LogP contribution is 2.28. The van der Waals surface area contributed by atoms with Crippen LogP contribution >= 0.6 is 0 Å². The molecule has 0 aliphatic heterocycles. The van der Waals surface area contributed by atoms with Crippen molar-refractivity contribution >= 4 is 38.3 Å². The molecular formula is C28H35N3O4S. The molecular weight excluding hydrogens is 474 g/mol. The number of hydrogen-bond donors (Lipinski definition) is 1. The molecule has 0 aliphatic carbocycles. The molecule has 7 nitrogen and oxygen atoms in total. The Morgan fingerprint density at radius 1 is 0.917 bits per heavy atom. The molecule has 0 spiro atoms. The smallest absolute Gasteiger partial charge is 0.244 e. The van der Waals surface area contributed by atoms with E-state index in [4.69, 9.17) is 0 Å². The summed E-state index contributed by atoms with van der Waals surface area (Å²) in [6.07, 6.45) is 2.85. The predicted octanol–water partition coefficient (Wildman–Crippen LogP) is 3.98. The number of nitrogens with one attached hydrogen (secondary N) is 1. The first kappa shape index (κ1) is 27.2. The van der Waals surface area contributed by atoms with Gasteiger partial charge in [-0.1, -0.05) is 80.6 Å². The van der Waals surface area contributed by atoms with Crippen LogP contribution in [0, 0.1) is 0 Å². The minimum atomic E-state index is -3.79. The van der Waals surface area contributed by atoms with Gasteiger partial charge in [0, 0.05) is 18.5 Å². The van der Waals surface area contributed by atoms with Crippen molar-refractivity contribution in [2.45, 2.75) is 39.2 Å². The van der Waals surface area contributed by atoms with Crippen LogP contribution in [-0.2, 0) is 26.0 Å². The van der Waals surface area contributed by atoms with Gasteiger partial charge in [0.2, 0.25) is 21.8 Å². The van der Waals surface area contributed by atoms with E-state index in [0.29, 0.717) is 31.6 Å². The number of amides is 2. The second-order valence-electron chi connectivity index (χ2n) is 8.81. The summed E-state index contributed by atoms with van der Waals surface area (Å²) in [5.74, 6) is -0.639. The van der Waals surface area contributed by atoms with Crippen LogP contribution in [0.15, 0.2) is 72.8 Å². The molecule has 192 valence electrons. The number of carbonyl (C=O) groups is 2. The van der Waals surface area contributed by atoms with E-state index in [0.717, 1.165) is 33.3 Å². The molecule has 3 aromatic carbocycles. The predicted molar refractivity (Wildman–Crippen MR) is 145 cm³/mol. The van der Waals surface area contributed by atoms with Crippen LogP contribution in [-0.4, -0.2) is 57.1 Å². The fourth-order valence-electron chi connectivity index (χ4n) is 4.28. The molecule has 2 amide bonds. The third kappa shape index (κ3) is 6.85. The first-order chi connectivity index (χ1) is 17.3. The van der Waals surface area contributed by atoms with Crippen LogP contribution in [0.25, 0.3) is 10.8 Å². The molecule has 1 unspecified atom stereocenters. The molecule has 3 aromatic rings. The lowest BCUT2D eigenvalue weighted by Crippen LogP contribution is -2.53. The second-order valence-corrected chi connectivity index (χ2v) is 10.7. The van der Waals surface area contributed by atoms with Gasteiger partial charge < -0.3 is 10.2 Å². The van der Waals surface area contributed by atoms with Crippen LogP contribution in [0.4, 0.5) is 5.69 Å². The molecule has 3 rings (SSSR count). The Morgan fingerprint density at radius 2 is 1.58 bits per heavy atom. The number of nitrogens with zero attached hydrogens (tertiary/aromatic N) is 2. The quantitative estimate of drug-likeness (QED) is 0.400. The van der Waals surface area contributed by atoms with E-state index < -0.39 is 22.0 Å². The van der Waals surface area contributed by atoms with Crippen LogP contribution in [0.5, 0.6) is 0 Å². The topological polar surface area (TPSA) is 86.8 Å². The molecule has 0 fully saturated rings. The van der Waals surface area contributed by atoms with Crippen LogP contribution in [0.3, 0.4) is 0 Å². The number of rotatable bonds is 12. The molecule has 0 aromatic heterocycles. The van der Waals surface area contributed by atoms with Crippen LogP contribution in [0.2, 0.25) is 0 Å². The monoisotopic (exact) mass is 509 g/mol. The zero-order valence-electron chi connectivity index (χ0n) is 21.2. The Morgan fingerprint density at radius 3 is 2.25 bits per heavy atom. The summed E-state index contributed by atoms with van der Waals surface area (Å²) < 4.78 is 26.9. The molecule has 1 N–H and O–H groups in total. The van der Waals surface area contributed by atoms with E-state index in [9.17, 15) is 18.0 Å². The molecule has 0 saturated heterocycles. The molecule has 36 heavy (non-hydrogen) atoms. The maximum Gasteiger partial charge on any atom is 0.244 e. The standard InChI is InChI=1S/C28H35N3O4S/c1-4-19-29-28(33)25(5-2)30(20-18-22-12-7-6-8-13-22)27(32)21-31(36(3,34)35)26-17-11-15-23-14-9-10-16-24(23)26/h6-17,25H,4-5,18-21H2,1-3H3,(H,29,33). The first-order valence-electron chi connectivity index (χ1n) is 12.3. The average Bonchev–Trinajstić information content (AvgIpc) is 2.87. The van der Waals surface area contributed by atoms with Crippen molar-refractivity contribution < 1.29 is 18.0 Å². The zero-order valence-corrected chi connectivity index (χ0v) is 22.0. The van der Waals surface area contributed by atoms with Crippen molar-refractivity contribution in [3.05, 3.63) is 78.4 Å². The highest BCUT2D eigenvalue weighted by Gasteiger charge is 2.31. The molecule has 0 aliphatic rings. The number of carbonyl (C=O) groups excluding carboxylic acids is 2. The Labute approximate surface area is 214 Å². The number of hydrogen-bond acceptors (Lipinski definition) is 4. The average molecular weight is 510 g/mol. The van der Waals surface area contributed by atoms with Crippen LogP contribution < -0.4 is 9.62 Å². The first-order valence-corrected chi connectivity index (χ1v) is 14.2. The van der Waals surface area contributed by atoms with Crippen molar-refractivity contribution in [1.82, 2.24) is 10.2 Å². The van der Waals surface area contributed by atoms with Crippen molar-refractivity contribution in [3.63, 3.8) is 0 Å². The van der Waals surface area contributed by atoms with E-state index in [-0.39, 0.29) is 12.5 Å². The summed E-state index contributed by atoms with van der Waals surface area (Å²) in [6.45, 7) is 4.25. The van der Waals surface area contributed by atoms with Crippen molar-refractivity contribution in [2.24, 2.45) is 0 Å². The number of anilines is 1. The Kier molecular flexibility index (Phi) is 9.47. The van der Waals surface area contributed by atoms with E-state index in [1.54, 1.807) is 12.1 Å². The molecule has 0 bridgehead atoms. The van der Waals surface area contributed by atoms with Gasteiger partial charge in [-0.2, -0.15) is 0 Å². The Balaban J connectivity index is 1.95. The van der Waals surface area contributed by atoms with Gasteiger partial charge >= 0.3 is 0 Å². The van der Waals surface area contributed by atoms with Gasteiger partial charge in [0.05, 0.1) is 11.9 Å². The Bertz CT molecular complexity index is 1270. The molecule has 8 heteroatoms. The summed E-state index contributed by atoms with van der Waals surface area (Å²) in [7, 11) is -3.79. The van der Waals surface area contributed by atoms with Gasteiger partial charge in [-0.15, -0.1) is 0 Å². The van der Waals surface area contributed by atoms with Gasteiger partial charge in [-0.05, 0) is 36.3 Å². The molecule has 0 saturated carbocycles. The normalized spacial score (nSPS) is 12.2. The van der Waals surface area contributed by atoms with Gasteiger partial charge in [-0.25, -0.2) is 8.42 Å².